The van der Waals surface area contributed by atoms with E-state index in [0.717, 1.165) is 36.2 Å². The molecule has 0 fully saturated rings. The summed E-state index contributed by atoms with van der Waals surface area (Å²) in [5, 5.41) is 3.74. The molecule has 2 aromatic rings. The van der Waals surface area contributed by atoms with Crippen molar-refractivity contribution >= 4 is 28.2 Å². The number of aryl methyl sites for hydroxylation is 1. The molecule has 6 heteroatoms. The first-order chi connectivity index (χ1) is 11.2. The van der Waals surface area contributed by atoms with E-state index in [2.05, 4.69) is 10.7 Å². The summed E-state index contributed by atoms with van der Waals surface area (Å²) in [5.74, 6) is 4.83. The number of hydrazine groups is 1. The maximum absolute atomic E-state index is 12.4. The van der Waals surface area contributed by atoms with Gasteiger partial charge in [-0.1, -0.05) is 18.2 Å². The fraction of sp³-hybridized carbons (Fsp3) is 0.294. The van der Waals surface area contributed by atoms with Crippen molar-refractivity contribution < 1.29 is 9.59 Å². The van der Waals surface area contributed by atoms with Gasteiger partial charge >= 0.3 is 0 Å². The van der Waals surface area contributed by atoms with Crippen LogP contribution >= 0.6 is 11.3 Å². The average molecular weight is 329 g/mol. The highest BCUT2D eigenvalue weighted by molar-refractivity contribution is 7.16. The Hall–Kier alpha value is -2.18. The van der Waals surface area contributed by atoms with Crippen molar-refractivity contribution in [1.29, 1.82) is 0 Å². The Balaban J connectivity index is 1.90. The zero-order chi connectivity index (χ0) is 16.2. The van der Waals surface area contributed by atoms with Crippen LogP contribution in [0.2, 0.25) is 0 Å². The first-order valence-electron chi connectivity index (χ1n) is 7.68. The molecule has 1 aromatic carbocycles. The number of benzene rings is 1. The highest BCUT2D eigenvalue weighted by Crippen LogP contribution is 2.38. The molecule has 0 saturated carbocycles. The number of thiophene rings is 1. The molecular weight excluding hydrogens is 310 g/mol. The molecule has 0 saturated heterocycles. The Morgan fingerprint density at radius 1 is 1.13 bits per heavy atom. The summed E-state index contributed by atoms with van der Waals surface area (Å²) in [7, 11) is 0. The Bertz CT molecular complexity index is 725. The number of carbonyl (C=O) groups is 2. The van der Waals surface area contributed by atoms with Crippen LogP contribution in [-0.4, -0.2) is 11.8 Å². The van der Waals surface area contributed by atoms with Gasteiger partial charge in [0.05, 0.1) is 11.4 Å². The number of nitrogens with one attached hydrogen (secondary N) is 2. The molecule has 0 atom stereocenters. The molecule has 0 bridgehead atoms. The van der Waals surface area contributed by atoms with Crippen LogP contribution in [0.15, 0.2) is 30.3 Å². The predicted molar refractivity (Wildman–Crippen MR) is 91.4 cm³/mol. The van der Waals surface area contributed by atoms with E-state index < -0.39 is 0 Å². The first kappa shape index (κ1) is 15.7. The number of rotatable bonds is 4. The van der Waals surface area contributed by atoms with Gasteiger partial charge in [0, 0.05) is 10.4 Å². The number of carbonyl (C=O) groups excluding carboxylic acids is 2. The van der Waals surface area contributed by atoms with Crippen LogP contribution in [-0.2, 0) is 24.1 Å². The molecule has 120 valence electrons. The number of hydrogen-bond acceptors (Lipinski definition) is 4. The van der Waals surface area contributed by atoms with Gasteiger partial charge in [-0.3, -0.25) is 15.0 Å². The number of anilines is 1. The highest BCUT2D eigenvalue weighted by Gasteiger charge is 2.23. The summed E-state index contributed by atoms with van der Waals surface area (Å²) < 4.78 is 0. The zero-order valence-corrected chi connectivity index (χ0v) is 13.5. The average Bonchev–Trinajstić information content (AvgIpc) is 2.93. The molecular formula is C17H19N3O2S. The Kier molecular flexibility index (Phi) is 4.73. The van der Waals surface area contributed by atoms with Gasteiger partial charge in [-0.05, 0) is 48.9 Å². The number of fused-ring (bicyclic) bond motifs is 1. The van der Waals surface area contributed by atoms with Gasteiger partial charge in [-0.15, -0.1) is 11.3 Å². The third-order valence-electron chi connectivity index (χ3n) is 4.04. The minimum Gasteiger partial charge on any atom is -0.313 e. The molecule has 3 rings (SSSR count). The fourth-order valence-corrected chi connectivity index (χ4v) is 4.20. The summed E-state index contributed by atoms with van der Waals surface area (Å²) in [4.78, 5) is 25.4. The van der Waals surface area contributed by atoms with Gasteiger partial charge in [0.1, 0.15) is 0 Å². The molecule has 1 aromatic heterocycles. The second-order valence-electron chi connectivity index (χ2n) is 5.58. The topological polar surface area (TPSA) is 84.2 Å². The van der Waals surface area contributed by atoms with E-state index in [1.54, 1.807) is 23.5 Å². The summed E-state index contributed by atoms with van der Waals surface area (Å²) in [6.07, 6.45) is 4.45. The van der Waals surface area contributed by atoms with Gasteiger partial charge in [-0.25, -0.2) is 5.84 Å². The number of hydrogen-bond donors (Lipinski definition) is 3. The smallest absolute Gasteiger partial charge is 0.256 e. The van der Waals surface area contributed by atoms with Crippen molar-refractivity contribution in [2.75, 3.05) is 5.32 Å². The third kappa shape index (κ3) is 3.43. The summed E-state index contributed by atoms with van der Waals surface area (Å²) in [5.41, 5.74) is 4.91. The quantitative estimate of drug-likeness (QED) is 0.457. The minimum absolute atomic E-state index is 0.154. The van der Waals surface area contributed by atoms with E-state index in [9.17, 15) is 9.59 Å². The Morgan fingerprint density at radius 2 is 1.87 bits per heavy atom. The molecule has 23 heavy (non-hydrogen) atoms. The molecule has 0 radical (unpaired) electrons. The second kappa shape index (κ2) is 6.93. The SMILES string of the molecule is NNC(=O)Cc1c(NC(=O)c2ccccc2)sc2c1CCCC2. The molecule has 1 aliphatic rings. The minimum atomic E-state index is -0.244. The van der Waals surface area contributed by atoms with Crippen LogP contribution in [0.1, 0.15) is 39.2 Å². The van der Waals surface area contributed by atoms with E-state index in [4.69, 9.17) is 5.84 Å². The van der Waals surface area contributed by atoms with Crippen LogP contribution in [0, 0.1) is 0 Å². The van der Waals surface area contributed by atoms with Gasteiger partial charge in [0.15, 0.2) is 0 Å². The van der Waals surface area contributed by atoms with Gasteiger partial charge in [0.2, 0.25) is 5.91 Å². The molecule has 0 aliphatic heterocycles. The molecule has 1 heterocycles. The van der Waals surface area contributed by atoms with Crippen molar-refractivity contribution in [2.24, 2.45) is 5.84 Å². The number of nitrogens with two attached hydrogens (primary N) is 1. The Morgan fingerprint density at radius 3 is 2.61 bits per heavy atom. The fourth-order valence-electron chi connectivity index (χ4n) is 2.90. The lowest BCUT2D eigenvalue weighted by atomic mass is 9.94. The Labute approximate surface area is 138 Å². The predicted octanol–water partition coefficient (Wildman–Crippen LogP) is 2.41. The third-order valence-corrected chi connectivity index (χ3v) is 5.29. The lowest BCUT2D eigenvalue weighted by Gasteiger charge is -2.12. The molecule has 5 nitrogen and oxygen atoms in total. The first-order valence-corrected chi connectivity index (χ1v) is 8.50. The molecule has 0 spiro atoms. The highest BCUT2D eigenvalue weighted by atomic mass is 32.1. The van der Waals surface area contributed by atoms with Crippen molar-refractivity contribution in [1.82, 2.24) is 5.43 Å². The summed E-state index contributed by atoms with van der Waals surface area (Å²) in [6.45, 7) is 0. The normalized spacial score (nSPS) is 13.3. The number of amides is 2. The molecule has 0 unspecified atom stereocenters. The van der Waals surface area contributed by atoms with Crippen LogP contribution in [0.5, 0.6) is 0 Å². The maximum atomic E-state index is 12.4. The summed E-state index contributed by atoms with van der Waals surface area (Å²) >= 11 is 1.58. The van der Waals surface area contributed by atoms with Crippen molar-refractivity contribution in [3.8, 4) is 0 Å². The lowest BCUT2D eigenvalue weighted by Crippen LogP contribution is -2.31. The van der Waals surface area contributed by atoms with Gasteiger partial charge < -0.3 is 5.32 Å². The standard InChI is InChI=1S/C17H19N3O2S/c18-20-15(21)10-13-12-8-4-5-9-14(12)23-17(13)19-16(22)11-6-2-1-3-7-11/h1-3,6-7H,4-5,8-10,18H2,(H,19,22)(H,20,21). The van der Waals surface area contributed by atoms with Crippen molar-refractivity contribution in [2.45, 2.75) is 32.1 Å². The monoisotopic (exact) mass is 329 g/mol. The van der Waals surface area contributed by atoms with Crippen LogP contribution in [0.4, 0.5) is 5.00 Å². The van der Waals surface area contributed by atoms with Gasteiger partial charge in [0.25, 0.3) is 5.91 Å². The zero-order valence-electron chi connectivity index (χ0n) is 12.7. The van der Waals surface area contributed by atoms with E-state index in [0.29, 0.717) is 5.56 Å². The van der Waals surface area contributed by atoms with Gasteiger partial charge in [-0.2, -0.15) is 0 Å². The van der Waals surface area contributed by atoms with Crippen LogP contribution < -0.4 is 16.6 Å². The molecule has 2 amide bonds. The van der Waals surface area contributed by atoms with Crippen molar-refractivity contribution in [3.63, 3.8) is 0 Å². The van der Waals surface area contributed by atoms with Crippen LogP contribution in [0.3, 0.4) is 0 Å². The van der Waals surface area contributed by atoms with E-state index >= 15 is 0 Å². The maximum Gasteiger partial charge on any atom is 0.256 e. The van der Waals surface area contributed by atoms with Crippen molar-refractivity contribution in [3.05, 3.63) is 51.9 Å². The summed E-state index contributed by atoms with van der Waals surface area (Å²) in [6, 6.07) is 9.08. The van der Waals surface area contributed by atoms with E-state index in [1.165, 1.54) is 10.4 Å². The second-order valence-corrected chi connectivity index (χ2v) is 6.69. The van der Waals surface area contributed by atoms with E-state index in [1.807, 2.05) is 18.2 Å². The van der Waals surface area contributed by atoms with Crippen LogP contribution in [0.25, 0.3) is 0 Å². The molecule has 4 N–H and O–H groups in total. The molecule has 1 aliphatic carbocycles. The largest absolute Gasteiger partial charge is 0.313 e. The van der Waals surface area contributed by atoms with E-state index in [-0.39, 0.29) is 18.2 Å². The lowest BCUT2D eigenvalue weighted by molar-refractivity contribution is -0.120.